The van der Waals surface area contributed by atoms with Crippen LogP contribution in [0.15, 0.2) is 11.5 Å². The molecule has 4 nitrogen and oxygen atoms in total. The van der Waals surface area contributed by atoms with Crippen LogP contribution in [-0.2, 0) is 19.4 Å². The van der Waals surface area contributed by atoms with Gasteiger partial charge in [0.2, 0.25) is 0 Å². The van der Waals surface area contributed by atoms with Crippen LogP contribution in [0.4, 0.5) is 0 Å². The number of ether oxygens (including phenoxy) is 1. The first kappa shape index (κ1) is 11.2. The Kier molecular flexibility index (Phi) is 3.69. The fourth-order valence-electron chi connectivity index (χ4n) is 1.55. The second-order valence-electron chi connectivity index (χ2n) is 3.32. The topological polar surface area (TPSA) is 60.4 Å². The van der Waals surface area contributed by atoms with Crippen molar-refractivity contribution in [2.45, 2.75) is 30.9 Å². The van der Waals surface area contributed by atoms with Gasteiger partial charge in [-0.25, -0.2) is 13.2 Å². The third-order valence-corrected chi connectivity index (χ3v) is 4.28. The minimum atomic E-state index is -3.25. The zero-order chi connectivity index (χ0) is 10.6. The molecular formula is C9H14O4S. The number of carbonyl (C=O) groups excluding carboxylic acids is 1. The quantitative estimate of drug-likeness (QED) is 0.524. The number of sulfone groups is 1. The zero-order valence-electron chi connectivity index (χ0n) is 8.10. The molecular weight excluding hydrogens is 204 g/mol. The van der Waals surface area contributed by atoms with Crippen LogP contribution in [0.5, 0.6) is 0 Å². The number of hydrogen-bond donors (Lipinski definition) is 0. The molecule has 0 aromatic heterocycles. The molecule has 0 spiro atoms. The van der Waals surface area contributed by atoms with Gasteiger partial charge in [-0.15, -0.1) is 0 Å². The van der Waals surface area contributed by atoms with Crippen LogP contribution in [0, 0.1) is 0 Å². The lowest BCUT2D eigenvalue weighted by Gasteiger charge is -2.05. The number of methoxy groups -OCH3 is 1. The highest BCUT2D eigenvalue weighted by Gasteiger charge is 2.26. The Morgan fingerprint density at radius 1 is 1.36 bits per heavy atom. The minimum Gasteiger partial charge on any atom is -0.466 e. The van der Waals surface area contributed by atoms with E-state index in [1.54, 1.807) is 0 Å². The van der Waals surface area contributed by atoms with Gasteiger partial charge in [-0.1, -0.05) is 12.8 Å². The molecule has 1 saturated carbocycles. The largest absolute Gasteiger partial charge is 0.466 e. The van der Waals surface area contributed by atoms with Crippen molar-refractivity contribution in [2.24, 2.45) is 0 Å². The summed E-state index contributed by atoms with van der Waals surface area (Å²) in [5, 5.41) is 0.665. The van der Waals surface area contributed by atoms with Gasteiger partial charge in [0, 0.05) is 11.5 Å². The molecule has 0 heterocycles. The molecule has 80 valence electrons. The molecule has 0 aliphatic heterocycles. The standard InChI is InChI=1S/C9H14O4S/c1-13-9(10)6-7-14(11,12)8-4-2-3-5-8/h6-8H,2-5H2,1H3/b7-6+. The van der Waals surface area contributed by atoms with E-state index in [0.29, 0.717) is 12.8 Å². The molecule has 1 aliphatic carbocycles. The van der Waals surface area contributed by atoms with Crippen molar-refractivity contribution < 1.29 is 17.9 Å². The number of carbonyl (C=O) groups is 1. The van der Waals surface area contributed by atoms with Crippen LogP contribution in [-0.4, -0.2) is 26.7 Å². The number of hydrogen-bond acceptors (Lipinski definition) is 4. The van der Waals surface area contributed by atoms with E-state index < -0.39 is 15.8 Å². The first-order chi connectivity index (χ1) is 6.56. The van der Waals surface area contributed by atoms with E-state index >= 15 is 0 Å². The molecule has 0 atom stereocenters. The Morgan fingerprint density at radius 2 is 1.93 bits per heavy atom. The molecule has 0 aromatic rings. The molecule has 0 N–H and O–H groups in total. The Bertz CT molecular complexity index is 323. The molecule has 14 heavy (non-hydrogen) atoms. The predicted octanol–water partition coefficient (Wildman–Crippen LogP) is 1.03. The summed E-state index contributed by atoms with van der Waals surface area (Å²) in [6.45, 7) is 0. The summed E-state index contributed by atoms with van der Waals surface area (Å²) < 4.78 is 27.4. The van der Waals surface area contributed by atoms with E-state index in [4.69, 9.17) is 0 Å². The summed E-state index contributed by atoms with van der Waals surface area (Å²) in [4.78, 5) is 10.7. The van der Waals surface area contributed by atoms with Crippen molar-refractivity contribution in [3.63, 3.8) is 0 Å². The van der Waals surface area contributed by atoms with Gasteiger partial charge in [0.25, 0.3) is 0 Å². The Balaban J connectivity index is 2.66. The second-order valence-corrected chi connectivity index (χ2v) is 5.44. The summed E-state index contributed by atoms with van der Waals surface area (Å²) in [6, 6.07) is 0. The Labute approximate surface area is 83.9 Å². The Morgan fingerprint density at radius 3 is 2.43 bits per heavy atom. The summed E-state index contributed by atoms with van der Waals surface area (Å²) in [6.07, 6.45) is 4.28. The van der Waals surface area contributed by atoms with Gasteiger partial charge >= 0.3 is 5.97 Å². The first-order valence-corrected chi connectivity index (χ1v) is 6.17. The molecule has 0 bridgehead atoms. The average molecular weight is 218 g/mol. The van der Waals surface area contributed by atoms with Gasteiger partial charge in [0.15, 0.2) is 9.84 Å². The van der Waals surface area contributed by atoms with Crippen LogP contribution in [0.1, 0.15) is 25.7 Å². The van der Waals surface area contributed by atoms with E-state index in [1.165, 1.54) is 7.11 Å². The lowest BCUT2D eigenvalue weighted by atomic mass is 10.4. The lowest BCUT2D eigenvalue weighted by Crippen LogP contribution is -2.15. The van der Waals surface area contributed by atoms with Gasteiger partial charge < -0.3 is 4.74 Å². The summed E-state index contributed by atoms with van der Waals surface area (Å²) in [5.74, 6) is -0.633. The van der Waals surface area contributed by atoms with Crippen molar-refractivity contribution in [3.05, 3.63) is 11.5 Å². The van der Waals surface area contributed by atoms with Crippen molar-refractivity contribution in [2.75, 3.05) is 7.11 Å². The van der Waals surface area contributed by atoms with E-state index in [9.17, 15) is 13.2 Å². The van der Waals surface area contributed by atoms with Gasteiger partial charge in [-0.05, 0) is 12.8 Å². The van der Waals surface area contributed by atoms with Gasteiger partial charge in [0.1, 0.15) is 0 Å². The van der Waals surface area contributed by atoms with Crippen LogP contribution >= 0.6 is 0 Å². The number of esters is 1. The maximum Gasteiger partial charge on any atom is 0.331 e. The molecule has 0 aromatic carbocycles. The second kappa shape index (κ2) is 4.59. The highest BCUT2D eigenvalue weighted by molar-refractivity contribution is 7.94. The van der Waals surface area contributed by atoms with Crippen molar-refractivity contribution in [1.82, 2.24) is 0 Å². The highest BCUT2D eigenvalue weighted by Crippen LogP contribution is 2.25. The summed E-state index contributed by atoms with van der Waals surface area (Å²) >= 11 is 0. The molecule has 1 aliphatic rings. The van der Waals surface area contributed by atoms with Crippen molar-refractivity contribution >= 4 is 15.8 Å². The van der Waals surface area contributed by atoms with E-state index in [-0.39, 0.29) is 5.25 Å². The first-order valence-electron chi connectivity index (χ1n) is 4.56. The molecule has 1 rings (SSSR count). The lowest BCUT2D eigenvalue weighted by molar-refractivity contribution is -0.134. The fourth-order valence-corrected chi connectivity index (χ4v) is 3.06. The van der Waals surface area contributed by atoms with Crippen LogP contribution in [0.25, 0.3) is 0 Å². The highest BCUT2D eigenvalue weighted by atomic mass is 32.2. The average Bonchev–Trinajstić information content (AvgIpc) is 2.67. The van der Waals surface area contributed by atoms with Crippen LogP contribution < -0.4 is 0 Å². The van der Waals surface area contributed by atoms with Gasteiger partial charge in [0.05, 0.1) is 12.4 Å². The third-order valence-electron chi connectivity index (χ3n) is 2.36. The molecule has 0 saturated heterocycles. The van der Waals surface area contributed by atoms with Crippen LogP contribution in [0.2, 0.25) is 0 Å². The molecule has 0 unspecified atom stereocenters. The molecule has 5 heteroatoms. The van der Waals surface area contributed by atoms with Crippen molar-refractivity contribution in [3.8, 4) is 0 Å². The maximum atomic E-state index is 11.6. The summed E-state index contributed by atoms with van der Waals surface area (Å²) in [5.41, 5.74) is 0. The van der Waals surface area contributed by atoms with Gasteiger partial charge in [-0.2, -0.15) is 0 Å². The zero-order valence-corrected chi connectivity index (χ0v) is 8.92. The Hall–Kier alpha value is -0.840. The smallest absolute Gasteiger partial charge is 0.331 e. The molecule has 0 amide bonds. The summed E-state index contributed by atoms with van der Waals surface area (Å²) in [7, 11) is -2.03. The van der Waals surface area contributed by atoms with Gasteiger partial charge in [-0.3, -0.25) is 0 Å². The normalized spacial score (nSPS) is 18.9. The van der Waals surface area contributed by atoms with E-state index in [0.717, 1.165) is 24.3 Å². The predicted molar refractivity (Wildman–Crippen MR) is 52.3 cm³/mol. The van der Waals surface area contributed by atoms with E-state index in [1.807, 2.05) is 0 Å². The third kappa shape index (κ3) is 2.83. The van der Waals surface area contributed by atoms with Crippen molar-refractivity contribution in [1.29, 1.82) is 0 Å². The SMILES string of the molecule is COC(=O)/C=C/S(=O)(=O)C1CCCC1. The monoisotopic (exact) mass is 218 g/mol. The van der Waals surface area contributed by atoms with Crippen LogP contribution in [0.3, 0.4) is 0 Å². The maximum absolute atomic E-state index is 11.6. The molecule has 0 radical (unpaired) electrons. The molecule has 1 fully saturated rings. The number of rotatable bonds is 3. The van der Waals surface area contributed by atoms with E-state index in [2.05, 4.69) is 4.74 Å². The minimum absolute atomic E-state index is 0.302. The fraction of sp³-hybridized carbons (Fsp3) is 0.667.